The average molecular weight is 225 g/mol. The molecule has 0 spiro atoms. The number of primary amides is 1. The number of nitriles is 1. The molecule has 1 aromatic rings. The van der Waals surface area contributed by atoms with Gasteiger partial charge in [-0.3, -0.25) is 4.79 Å². The molecule has 0 aliphatic carbocycles. The molecule has 1 heterocycles. The van der Waals surface area contributed by atoms with E-state index in [1.165, 1.54) is 0 Å². The van der Waals surface area contributed by atoms with Crippen molar-refractivity contribution in [2.45, 2.75) is 5.03 Å². The highest BCUT2D eigenvalue weighted by molar-refractivity contribution is 7.90. The highest BCUT2D eigenvalue weighted by atomic mass is 32.2. The van der Waals surface area contributed by atoms with Crippen LogP contribution in [-0.2, 0) is 9.84 Å². The van der Waals surface area contributed by atoms with Crippen molar-refractivity contribution in [1.29, 1.82) is 5.26 Å². The molecule has 1 aromatic heterocycles. The van der Waals surface area contributed by atoms with Gasteiger partial charge >= 0.3 is 0 Å². The standard InChI is InChI=1S/C8H7N3O3S/c1-15(13,14)8-5(3-9)2-6(4-11-8)7(10)12/h2,4H,1H3,(H2,10,12). The predicted octanol–water partition coefficient (Wildman–Crippen LogP) is -0.544. The minimum atomic E-state index is -3.57. The smallest absolute Gasteiger partial charge is 0.250 e. The molecule has 7 heteroatoms. The van der Waals surface area contributed by atoms with Crippen LogP contribution in [0.15, 0.2) is 17.3 Å². The maximum absolute atomic E-state index is 11.2. The van der Waals surface area contributed by atoms with Crippen molar-refractivity contribution in [3.05, 3.63) is 23.4 Å². The average Bonchev–Trinajstić information content (AvgIpc) is 2.15. The number of hydrogen-bond donors (Lipinski definition) is 1. The van der Waals surface area contributed by atoms with E-state index in [2.05, 4.69) is 4.98 Å². The van der Waals surface area contributed by atoms with Gasteiger partial charge in [0, 0.05) is 12.5 Å². The lowest BCUT2D eigenvalue weighted by atomic mass is 10.2. The monoisotopic (exact) mass is 225 g/mol. The number of rotatable bonds is 2. The molecule has 0 fully saturated rings. The van der Waals surface area contributed by atoms with E-state index in [1.807, 2.05) is 0 Å². The summed E-state index contributed by atoms with van der Waals surface area (Å²) >= 11 is 0. The Morgan fingerprint density at radius 2 is 2.20 bits per heavy atom. The Balaban J connectivity index is 3.49. The van der Waals surface area contributed by atoms with Gasteiger partial charge in [0.1, 0.15) is 6.07 Å². The second-order valence-corrected chi connectivity index (χ2v) is 4.76. The first-order valence-electron chi connectivity index (χ1n) is 3.76. The summed E-state index contributed by atoms with van der Waals surface area (Å²) in [5, 5.41) is 8.33. The molecular formula is C8H7N3O3S. The van der Waals surface area contributed by atoms with Crippen LogP contribution < -0.4 is 5.73 Å². The van der Waals surface area contributed by atoms with Crippen LogP contribution in [0, 0.1) is 11.3 Å². The lowest BCUT2D eigenvalue weighted by Gasteiger charge is -2.01. The van der Waals surface area contributed by atoms with Crippen LogP contribution in [0.4, 0.5) is 0 Å². The van der Waals surface area contributed by atoms with E-state index >= 15 is 0 Å². The van der Waals surface area contributed by atoms with Crippen molar-refractivity contribution in [2.75, 3.05) is 6.26 Å². The van der Waals surface area contributed by atoms with Gasteiger partial charge in [-0.25, -0.2) is 13.4 Å². The molecule has 1 amide bonds. The molecule has 0 atom stereocenters. The van der Waals surface area contributed by atoms with Gasteiger partial charge in [0.05, 0.1) is 11.1 Å². The normalized spacial score (nSPS) is 10.7. The van der Waals surface area contributed by atoms with Gasteiger partial charge in [0.2, 0.25) is 5.91 Å². The number of carbonyl (C=O) groups is 1. The number of sulfone groups is 1. The van der Waals surface area contributed by atoms with Gasteiger partial charge in [-0.15, -0.1) is 0 Å². The predicted molar refractivity (Wildman–Crippen MR) is 50.6 cm³/mol. The molecular weight excluding hydrogens is 218 g/mol. The molecule has 2 N–H and O–H groups in total. The number of pyridine rings is 1. The second-order valence-electron chi connectivity index (χ2n) is 2.82. The third-order valence-corrected chi connectivity index (χ3v) is 2.64. The van der Waals surface area contributed by atoms with Crippen LogP contribution in [-0.4, -0.2) is 25.6 Å². The van der Waals surface area contributed by atoms with E-state index in [0.29, 0.717) is 0 Å². The van der Waals surface area contributed by atoms with Crippen LogP contribution in [0.2, 0.25) is 0 Å². The SMILES string of the molecule is CS(=O)(=O)c1ncc(C(N)=O)cc1C#N. The van der Waals surface area contributed by atoms with E-state index in [0.717, 1.165) is 18.5 Å². The van der Waals surface area contributed by atoms with Crippen LogP contribution >= 0.6 is 0 Å². The molecule has 6 nitrogen and oxygen atoms in total. The third-order valence-electron chi connectivity index (χ3n) is 1.61. The first-order valence-corrected chi connectivity index (χ1v) is 5.65. The summed E-state index contributed by atoms with van der Waals surface area (Å²) in [6, 6.07) is 2.75. The molecule has 0 unspecified atom stereocenters. The van der Waals surface area contributed by atoms with Crippen LogP contribution in [0.5, 0.6) is 0 Å². The largest absolute Gasteiger partial charge is 0.366 e. The Labute approximate surface area is 86.3 Å². The molecule has 0 aromatic carbocycles. The Kier molecular flexibility index (Phi) is 2.72. The summed E-state index contributed by atoms with van der Waals surface area (Å²) in [7, 11) is -3.57. The van der Waals surface area contributed by atoms with E-state index in [9.17, 15) is 13.2 Å². The minimum Gasteiger partial charge on any atom is -0.366 e. The fourth-order valence-electron chi connectivity index (χ4n) is 0.963. The van der Waals surface area contributed by atoms with Gasteiger partial charge in [-0.2, -0.15) is 5.26 Å². The molecule has 78 valence electrons. The van der Waals surface area contributed by atoms with E-state index in [1.54, 1.807) is 6.07 Å². The summed E-state index contributed by atoms with van der Waals surface area (Å²) in [5.41, 5.74) is 4.77. The minimum absolute atomic E-state index is 0.000972. The van der Waals surface area contributed by atoms with Crippen molar-refractivity contribution in [3.8, 4) is 6.07 Å². The quantitative estimate of drug-likeness (QED) is 0.725. The fourth-order valence-corrected chi connectivity index (χ4v) is 1.71. The number of hydrogen-bond acceptors (Lipinski definition) is 5. The zero-order chi connectivity index (χ0) is 11.6. The van der Waals surface area contributed by atoms with Crippen LogP contribution in [0.1, 0.15) is 15.9 Å². The number of carbonyl (C=O) groups excluding carboxylic acids is 1. The number of aromatic nitrogens is 1. The van der Waals surface area contributed by atoms with Crippen molar-refractivity contribution in [1.82, 2.24) is 4.98 Å². The van der Waals surface area contributed by atoms with Gasteiger partial charge in [0.25, 0.3) is 0 Å². The highest BCUT2D eigenvalue weighted by Gasteiger charge is 2.16. The van der Waals surface area contributed by atoms with Crippen LogP contribution in [0.3, 0.4) is 0 Å². The van der Waals surface area contributed by atoms with Gasteiger partial charge in [-0.1, -0.05) is 0 Å². The van der Waals surface area contributed by atoms with E-state index in [-0.39, 0.29) is 16.2 Å². The summed E-state index contributed by atoms with van der Waals surface area (Å²) in [6.45, 7) is 0. The zero-order valence-electron chi connectivity index (χ0n) is 7.76. The summed E-state index contributed by atoms with van der Waals surface area (Å²) < 4.78 is 22.3. The molecule has 0 aliphatic heterocycles. The second kappa shape index (κ2) is 3.67. The van der Waals surface area contributed by atoms with Crippen molar-refractivity contribution in [3.63, 3.8) is 0 Å². The Bertz CT molecular complexity index is 557. The molecule has 0 radical (unpaired) electrons. The van der Waals surface area contributed by atoms with Crippen molar-refractivity contribution in [2.24, 2.45) is 5.73 Å². The Hall–Kier alpha value is -1.94. The lowest BCUT2D eigenvalue weighted by molar-refractivity contribution is 0.0999. The fraction of sp³-hybridized carbons (Fsp3) is 0.125. The highest BCUT2D eigenvalue weighted by Crippen LogP contribution is 2.12. The van der Waals surface area contributed by atoms with Gasteiger partial charge in [0.15, 0.2) is 14.9 Å². The number of amides is 1. The number of nitrogens with zero attached hydrogens (tertiary/aromatic N) is 2. The summed E-state index contributed by atoms with van der Waals surface area (Å²) in [4.78, 5) is 14.3. The van der Waals surface area contributed by atoms with Crippen molar-refractivity contribution < 1.29 is 13.2 Å². The molecule has 1 rings (SSSR count). The van der Waals surface area contributed by atoms with Crippen molar-refractivity contribution >= 4 is 15.7 Å². The summed E-state index contributed by atoms with van der Waals surface area (Å²) in [6.07, 6.45) is 1.96. The molecule has 0 bridgehead atoms. The first kappa shape index (κ1) is 11.1. The van der Waals surface area contributed by atoms with Gasteiger partial charge in [-0.05, 0) is 6.07 Å². The van der Waals surface area contributed by atoms with Gasteiger partial charge < -0.3 is 5.73 Å². The van der Waals surface area contributed by atoms with E-state index in [4.69, 9.17) is 11.0 Å². The zero-order valence-corrected chi connectivity index (χ0v) is 8.58. The Morgan fingerprint density at radius 1 is 1.60 bits per heavy atom. The first-order chi connectivity index (χ1) is 6.86. The molecule has 0 saturated carbocycles. The number of nitrogens with two attached hydrogens (primary N) is 1. The third kappa shape index (κ3) is 2.30. The maximum Gasteiger partial charge on any atom is 0.250 e. The topological polar surface area (TPSA) is 114 Å². The Morgan fingerprint density at radius 3 is 2.60 bits per heavy atom. The summed E-state index contributed by atoms with van der Waals surface area (Å²) in [5.74, 6) is -0.765. The van der Waals surface area contributed by atoms with E-state index < -0.39 is 15.7 Å². The maximum atomic E-state index is 11.2. The molecule has 0 saturated heterocycles. The van der Waals surface area contributed by atoms with Crippen LogP contribution in [0.25, 0.3) is 0 Å². The molecule has 0 aliphatic rings. The molecule has 15 heavy (non-hydrogen) atoms. The lowest BCUT2D eigenvalue weighted by Crippen LogP contribution is -2.13.